The fourth-order valence-corrected chi connectivity index (χ4v) is 1.40. The van der Waals surface area contributed by atoms with E-state index >= 15 is 0 Å². The van der Waals surface area contributed by atoms with Crippen LogP contribution in [0.4, 0.5) is 0 Å². The van der Waals surface area contributed by atoms with Gasteiger partial charge in [0.2, 0.25) is 0 Å². The number of aromatic nitrogens is 2. The standard InChI is InChI=1S/C13H18N2O4/c1-4-11-14-5-6-15(11)9-12(16)18-7-8-19-13(17)10(2)3/h5-6H,2,4,7-9H2,1,3H3. The van der Waals surface area contributed by atoms with E-state index < -0.39 is 5.97 Å². The number of imidazole rings is 1. The lowest BCUT2D eigenvalue weighted by atomic mass is 10.4. The molecule has 0 aromatic carbocycles. The first-order valence-electron chi connectivity index (χ1n) is 6.02. The summed E-state index contributed by atoms with van der Waals surface area (Å²) >= 11 is 0. The maximum absolute atomic E-state index is 11.5. The Kier molecular flexibility index (Phi) is 5.78. The van der Waals surface area contributed by atoms with Crippen LogP contribution in [0.15, 0.2) is 24.5 Å². The molecule has 19 heavy (non-hydrogen) atoms. The Morgan fingerprint density at radius 2 is 2.05 bits per heavy atom. The van der Waals surface area contributed by atoms with Crippen LogP contribution < -0.4 is 0 Å². The number of hydrogen-bond acceptors (Lipinski definition) is 5. The molecule has 0 fully saturated rings. The van der Waals surface area contributed by atoms with Gasteiger partial charge in [0.25, 0.3) is 0 Å². The summed E-state index contributed by atoms with van der Waals surface area (Å²) in [5, 5.41) is 0. The minimum Gasteiger partial charge on any atom is -0.461 e. The molecule has 0 aliphatic heterocycles. The predicted octanol–water partition coefficient (Wildman–Crippen LogP) is 1.11. The first-order chi connectivity index (χ1) is 9.04. The fraction of sp³-hybridized carbons (Fsp3) is 0.462. The molecule has 0 spiro atoms. The van der Waals surface area contributed by atoms with E-state index in [1.165, 1.54) is 0 Å². The maximum atomic E-state index is 11.5. The van der Waals surface area contributed by atoms with Crippen molar-refractivity contribution < 1.29 is 19.1 Å². The zero-order valence-electron chi connectivity index (χ0n) is 11.2. The highest BCUT2D eigenvalue weighted by Gasteiger charge is 2.08. The molecule has 104 valence electrons. The molecule has 1 aromatic rings. The van der Waals surface area contributed by atoms with Gasteiger partial charge in [-0.05, 0) is 6.92 Å². The SMILES string of the molecule is C=C(C)C(=O)OCCOC(=O)Cn1ccnc1CC. The summed E-state index contributed by atoms with van der Waals surface area (Å²) in [5.41, 5.74) is 0.317. The van der Waals surface area contributed by atoms with E-state index in [-0.39, 0.29) is 25.7 Å². The summed E-state index contributed by atoms with van der Waals surface area (Å²) in [6, 6.07) is 0. The van der Waals surface area contributed by atoms with Crippen LogP contribution in [0.3, 0.4) is 0 Å². The lowest BCUT2D eigenvalue weighted by molar-refractivity contribution is -0.150. The summed E-state index contributed by atoms with van der Waals surface area (Å²) in [6.45, 7) is 7.13. The van der Waals surface area contributed by atoms with Gasteiger partial charge in [-0.3, -0.25) is 4.79 Å². The Labute approximate surface area is 112 Å². The first kappa shape index (κ1) is 14.9. The molecular weight excluding hydrogens is 248 g/mol. The molecule has 6 heteroatoms. The van der Waals surface area contributed by atoms with Gasteiger partial charge in [0.05, 0.1) is 0 Å². The average molecular weight is 266 g/mol. The average Bonchev–Trinajstić information content (AvgIpc) is 2.81. The number of hydrogen-bond donors (Lipinski definition) is 0. The van der Waals surface area contributed by atoms with Crippen molar-refractivity contribution in [3.05, 3.63) is 30.4 Å². The van der Waals surface area contributed by atoms with E-state index in [0.29, 0.717) is 5.57 Å². The summed E-state index contributed by atoms with van der Waals surface area (Å²) in [4.78, 5) is 26.7. The highest BCUT2D eigenvalue weighted by molar-refractivity contribution is 5.86. The third-order valence-electron chi connectivity index (χ3n) is 2.35. The van der Waals surface area contributed by atoms with E-state index in [1.807, 2.05) is 6.92 Å². The van der Waals surface area contributed by atoms with E-state index in [2.05, 4.69) is 11.6 Å². The van der Waals surface area contributed by atoms with Gasteiger partial charge in [-0.1, -0.05) is 13.5 Å². The van der Waals surface area contributed by atoms with Gasteiger partial charge in [-0.2, -0.15) is 0 Å². The van der Waals surface area contributed by atoms with E-state index in [9.17, 15) is 9.59 Å². The molecule has 0 aliphatic rings. The Morgan fingerprint density at radius 1 is 1.37 bits per heavy atom. The zero-order valence-corrected chi connectivity index (χ0v) is 11.2. The van der Waals surface area contributed by atoms with Crippen LogP contribution in [0.1, 0.15) is 19.7 Å². The van der Waals surface area contributed by atoms with E-state index in [0.717, 1.165) is 12.2 Å². The molecule has 1 heterocycles. The summed E-state index contributed by atoms with van der Waals surface area (Å²) < 4.78 is 11.5. The van der Waals surface area contributed by atoms with Crippen LogP contribution in [-0.2, 0) is 32.0 Å². The van der Waals surface area contributed by atoms with E-state index in [1.54, 1.807) is 23.9 Å². The van der Waals surface area contributed by atoms with Gasteiger partial charge in [0.1, 0.15) is 25.6 Å². The molecule has 0 radical (unpaired) electrons. The molecule has 0 saturated heterocycles. The van der Waals surface area contributed by atoms with Gasteiger partial charge in [-0.15, -0.1) is 0 Å². The van der Waals surface area contributed by atoms with Crippen molar-refractivity contribution in [1.29, 1.82) is 0 Å². The Morgan fingerprint density at radius 3 is 2.68 bits per heavy atom. The number of nitrogens with zero attached hydrogens (tertiary/aromatic N) is 2. The largest absolute Gasteiger partial charge is 0.461 e. The van der Waals surface area contributed by atoms with Crippen LogP contribution >= 0.6 is 0 Å². The highest BCUT2D eigenvalue weighted by atomic mass is 16.6. The quantitative estimate of drug-likeness (QED) is 0.420. The molecule has 0 atom stereocenters. The number of ether oxygens (including phenoxy) is 2. The lowest BCUT2D eigenvalue weighted by Gasteiger charge is -2.08. The van der Waals surface area contributed by atoms with Crippen molar-refractivity contribution in [2.45, 2.75) is 26.8 Å². The van der Waals surface area contributed by atoms with Crippen molar-refractivity contribution in [2.24, 2.45) is 0 Å². The van der Waals surface area contributed by atoms with Gasteiger partial charge in [0, 0.05) is 24.4 Å². The minimum atomic E-state index is -0.487. The second-order valence-electron chi connectivity index (χ2n) is 3.96. The Balaban J connectivity index is 2.25. The van der Waals surface area contributed by atoms with Crippen molar-refractivity contribution >= 4 is 11.9 Å². The number of carbonyl (C=O) groups excluding carboxylic acids is 2. The van der Waals surface area contributed by atoms with Crippen LogP contribution in [0.2, 0.25) is 0 Å². The van der Waals surface area contributed by atoms with Crippen LogP contribution in [0.25, 0.3) is 0 Å². The molecule has 0 bridgehead atoms. The van der Waals surface area contributed by atoms with Crippen molar-refractivity contribution in [1.82, 2.24) is 9.55 Å². The second kappa shape index (κ2) is 7.35. The first-order valence-corrected chi connectivity index (χ1v) is 6.02. The van der Waals surface area contributed by atoms with Gasteiger partial charge >= 0.3 is 11.9 Å². The predicted molar refractivity (Wildman–Crippen MR) is 68.3 cm³/mol. The molecule has 0 N–H and O–H groups in total. The normalized spacial score (nSPS) is 10.0. The third kappa shape index (κ3) is 4.95. The Hall–Kier alpha value is -2.11. The lowest BCUT2D eigenvalue weighted by Crippen LogP contribution is -2.18. The van der Waals surface area contributed by atoms with Crippen LogP contribution in [-0.4, -0.2) is 34.7 Å². The molecule has 0 saturated carbocycles. The number of rotatable bonds is 7. The smallest absolute Gasteiger partial charge is 0.333 e. The molecule has 6 nitrogen and oxygen atoms in total. The topological polar surface area (TPSA) is 70.4 Å². The molecule has 0 unspecified atom stereocenters. The minimum absolute atomic E-state index is 0.0298. The molecule has 1 rings (SSSR count). The molecule has 0 amide bonds. The summed E-state index contributed by atoms with van der Waals surface area (Å²) in [6.07, 6.45) is 4.11. The fourth-order valence-electron chi connectivity index (χ4n) is 1.40. The summed E-state index contributed by atoms with van der Waals surface area (Å²) in [7, 11) is 0. The third-order valence-corrected chi connectivity index (χ3v) is 2.35. The molecular formula is C13H18N2O4. The zero-order chi connectivity index (χ0) is 14.3. The molecule has 0 aliphatic carbocycles. The van der Waals surface area contributed by atoms with Crippen LogP contribution in [0, 0.1) is 0 Å². The summed E-state index contributed by atoms with van der Waals surface area (Å²) in [5.74, 6) is -0.0522. The maximum Gasteiger partial charge on any atom is 0.333 e. The number of aryl methyl sites for hydroxylation is 1. The second-order valence-corrected chi connectivity index (χ2v) is 3.96. The van der Waals surface area contributed by atoms with Crippen molar-refractivity contribution in [3.63, 3.8) is 0 Å². The van der Waals surface area contributed by atoms with Gasteiger partial charge in [0.15, 0.2) is 0 Å². The number of carbonyl (C=O) groups is 2. The monoisotopic (exact) mass is 266 g/mol. The van der Waals surface area contributed by atoms with Gasteiger partial charge < -0.3 is 14.0 Å². The van der Waals surface area contributed by atoms with E-state index in [4.69, 9.17) is 9.47 Å². The van der Waals surface area contributed by atoms with Crippen LogP contribution in [0.5, 0.6) is 0 Å². The molecule has 1 aromatic heterocycles. The van der Waals surface area contributed by atoms with Crippen molar-refractivity contribution in [3.8, 4) is 0 Å². The highest BCUT2D eigenvalue weighted by Crippen LogP contribution is 1.99. The van der Waals surface area contributed by atoms with Gasteiger partial charge in [-0.25, -0.2) is 9.78 Å². The van der Waals surface area contributed by atoms with Crippen molar-refractivity contribution in [2.75, 3.05) is 13.2 Å². The Bertz CT molecular complexity index is 465. The number of esters is 2.